The highest BCUT2D eigenvalue weighted by molar-refractivity contribution is 5.16. The molecule has 0 heterocycles. The van der Waals surface area contributed by atoms with Crippen LogP contribution in [0.5, 0.6) is 0 Å². The Morgan fingerprint density at radius 2 is 1.94 bits per heavy atom. The number of hydrogen-bond acceptors (Lipinski definition) is 2. The van der Waals surface area contributed by atoms with Gasteiger partial charge in [-0.05, 0) is 31.9 Å². The molecule has 0 saturated heterocycles. The fraction of sp³-hybridized carbons (Fsp3) is 0.571. The van der Waals surface area contributed by atoms with Gasteiger partial charge in [0, 0.05) is 13.2 Å². The lowest BCUT2D eigenvalue weighted by Gasteiger charge is -2.24. The first kappa shape index (κ1) is 13.2. The standard InChI is InChI=1S/C14H23NO/c1-4-10-15-14(12(2)16-3)11-13-8-6-5-7-9-13/h5-9,12,14-15H,4,10-11H2,1-3H3. The number of hydrogen-bond donors (Lipinski definition) is 1. The molecule has 0 amide bonds. The lowest BCUT2D eigenvalue weighted by molar-refractivity contribution is 0.0831. The van der Waals surface area contributed by atoms with Crippen molar-refractivity contribution < 1.29 is 4.74 Å². The van der Waals surface area contributed by atoms with Crippen LogP contribution in [0, 0.1) is 0 Å². The van der Waals surface area contributed by atoms with Gasteiger partial charge in [-0.2, -0.15) is 0 Å². The van der Waals surface area contributed by atoms with E-state index in [0.717, 1.165) is 19.4 Å². The third-order valence-corrected chi connectivity index (χ3v) is 2.89. The molecule has 1 aromatic rings. The van der Waals surface area contributed by atoms with Crippen molar-refractivity contribution in [3.05, 3.63) is 35.9 Å². The van der Waals surface area contributed by atoms with Gasteiger partial charge in [0.25, 0.3) is 0 Å². The Bertz CT molecular complexity index is 273. The van der Waals surface area contributed by atoms with E-state index in [0.29, 0.717) is 6.04 Å². The van der Waals surface area contributed by atoms with Gasteiger partial charge in [0.05, 0.1) is 6.10 Å². The summed E-state index contributed by atoms with van der Waals surface area (Å²) in [6.07, 6.45) is 2.42. The molecule has 0 spiro atoms. The lowest BCUT2D eigenvalue weighted by Crippen LogP contribution is -2.41. The van der Waals surface area contributed by atoms with Crippen LogP contribution in [0.4, 0.5) is 0 Å². The number of methoxy groups -OCH3 is 1. The smallest absolute Gasteiger partial charge is 0.0699 e. The second-order valence-corrected chi connectivity index (χ2v) is 4.19. The monoisotopic (exact) mass is 221 g/mol. The Morgan fingerprint density at radius 3 is 2.50 bits per heavy atom. The van der Waals surface area contributed by atoms with Crippen LogP contribution in [-0.2, 0) is 11.2 Å². The van der Waals surface area contributed by atoms with Crippen molar-refractivity contribution in [3.8, 4) is 0 Å². The average Bonchev–Trinajstić information content (AvgIpc) is 2.34. The first-order valence-electron chi connectivity index (χ1n) is 6.08. The van der Waals surface area contributed by atoms with E-state index in [9.17, 15) is 0 Å². The summed E-state index contributed by atoms with van der Waals surface area (Å²) < 4.78 is 5.42. The van der Waals surface area contributed by atoms with Crippen molar-refractivity contribution in [3.63, 3.8) is 0 Å². The minimum atomic E-state index is 0.242. The summed E-state index contributed by atoms with van der Waals surface area (Å²) in [5, 5.41) is 3.54. The van der Waals surface area contributed by atoms with E-state index in [-0.39, 0.29) is 6.10 Å². The zero-order valence-corrected chi connectivity index (χ0v) is 10.6. The molecule has 0 fully saturated rings. The van der Waals surface area contributed by atoms with Crippen LogP contribution in [-0.4, -0.2) is 25.8 Å². The van der Waals surface area contributed by atoms with Crippen LogP contribution in [0.25, 0.3) is 0 Å². The summed E-state index contributed by atoms with van der Waals surface area (Å²) in [7, 11) is 1.77. The Morgan fingerprint density at radius 1 is 1.25 bits per heavy atom. The summed E-state index contributed by atoms with van der Waals surface area (Å²) >= 11 is 0. The molecule has 1 N–H and O–H groups in total. The molecule has 0 aliphatic heterocycles. The fourth-order valence-corrected chi connectivity index (χ4v) is 1.77. The molecule has 0 aromatic heterocycles. The second-order valence-electron chi connectivity index (χ2n) is 4.19. The summed E-state index contributed by atoms with van der Waals surface area (Å²) in [6, 6.07) is 11.0. The zero-order chi connectivity index (χ0) is 11.8. The number of benzene rings is 1. The molecule has 0 bridgehead atoms. The predicted molar refractivity (Wildman–Crippen MR) is 68.7 cm³/mol. The maximum Gasteiger partial charge on any atom is 0.0699 e. The molecule has 0 saturated carbocycles. The number of rotatable bonds is 7. The molecule has 2 heteroatoms. The van der Waals surface area contributed by atoms with Crippen molar-refractivity contribution in [2.24, 2.45) is 0 Å². The lowest BCUT2D eigenvalue weighted by atomic mass is 10.0. The number of nitrogens with one attached hydrogen (secondary N) is 1. The predicted octanol–water partition coefficient (Wildman–Crippen LogP) is 2.63. The fourth-order valence-electron chi connectivity index (χ4n) is 1.77. The topological polar surface area (TPSA) is 21.3 Å². The SMILES string of the molecule is CCCNC(Cc1ccccc1)C(C)OC. The molecule has 90 valence electrons. The molecule has 0 radical (unpaired) electrons. The van der Waals surface area contributed by atoms with E-state index in [1.54, 1.807) is 7.11 Å². The van der Waals surface area contributed by atoms with Crippen molar-refractivity contribution in [2.75, 3.05) is 13.7 Å². The Labute approximate surface area is 99.0 Å². The molecule has 1 rings (SSSR count). The largest absolute Gasteiger partial charge is 0.380 e. The third-order valence-electron chi connectivity index (χ3n) is 2.89. The van der Waals surface area contributed by atoms with E-state index >= 15 is 0 Å². The number of ether oxygens (including phenoxy) is 1. The van der Waals surface area contributed by atoms with E-state index in [2.05, 4.69) is 49.5 Å². The molecule has 0 aliphatic carbocycles. The van der Waals surface area contributed by atoms with Crippen LogP contribution in [0.2, 0.25) is 0 Å². The van der Waals surface area contributed by atoms with Crippen molar-refractivity contribution in [1.82, 2.24) is 5.32 Å². The minimum absolute atomic E-state index is 0.242. The molecule has 2 unspecified atom stereocenters. The third kappa shape index (κ3) is 4.33. The van der Waals surface area contributed by atoms with Crippen LogP contribution in [0.1, 0.15) is 25.8 Å². The highest BCUT2D eigenvalue weighted by atomic mass is 16.5. The quantitative estimate of drug-likeness (QED) is 0.764. The molecular formula is C14H23NO. The van der Waals surface area contributed by atoms with Gasteiger partial charge in [-0.25, -0.2) is 0 Å². The summed E-state index contributed by atoms with van der Waals surface area (Å²) in [6.45, 7) is 5.35. The van der Waals surface area contributed by atoms with Crippen LogP contribution in [0.3, 0.4) is 0 Å². The van der Waals surface area contributed by atoms with Gasteiger partial charge >= 0.3 is 0 Å². The maximum absolute atomic E-state index is 5.42. The van der Waals surface area contributed by atoms with Crippen LogP contribution >= 0.6 is 0 Å². The highest BCUT2D eigenvalue weighted by Crippen LogP contribution is 2.08. The van der Waals surface area contributed by atoms with Crippen LogP contribution in [0.15, 0.2) is 30.3 Å². The first-order chi connectivity index (χ1) is 7.77. The normalized spacial score (nSPS) is 14.7. The summed E-state index contributed by atoms with van der Waals surface area (Å²) in [5.41, 5.74) is 1.36. The Balaban J connectivity index is 2.56. The van der Waals surface area contributed by atoms with E-state index in [1.165, 1.54) is 5.56 Å². The van der Waals surface area contributed by atoms with E-state index in [1.807, 2.05) is 0 Å². The second kappa shape index (κ2) is 7.42. The summed E-state index contributed by atoms with van der Waals surface area (Å²) in [5.74, 6) is 0. The summed E-state index contributed by atoms with van der Waals surface area (Å²) in [4.78, 5) is 0. The average molecular weight is 221 g/mol. The van der Waals surface area contributed by atoms with Gasteiger partial charge in [-0.3, -0.25) is 0 Å². The van der Waals surface area contributed by atoms with Gasteiger partial charge in [0.1, 0.15) is 0 Å². The molecule has 1 aromatic carbocycles. The van der Waals surface area contributed by atoms with Crippen molar-refractivity contribution in [2.45, 2.75) is 38.8 Å². The highest BCUT2D eigenvalue weighted by Gasteiger charge is 2.16. The molecule has 2 atom stereocenters. The molecule has 2 nitrogen and oxygen atoms in total. The maximum atomic E-state index is 5.42. The van der Waals surface area contributed by atoms with Gasteiger partial charge < -0.3 is 10.1 Å². The van der Waals surface area contributed by atoms with E-state index in [4.69, 9.17) is 4.74 Å². The zero-order valence-electron chi connectivity index (χ0n) is 10.6. The first-order valence-corrected chi connectivity index (χ1v) is 6.08. The Kier molecular flexibility index (Phi) is 6.12. The van der Waals surface area contributed by atoms with Gasteiger partial charge in [0.2, 0.25) is 0 Å². The van der Waals surface area contributed by atoms with E-state index < -0.39 is 0 Å². The van der Waals surface area contributed by atoms with Gasteiger partial charge in [-0.15, -0.1) is 0 Å². The Hall–Kier alpha value is -0.860. The minimum Gasteiger partial charge on any atom is -0.380 e. The van der Waals surface area contributed by atoms with Crippen LogP contribution < -0.4 is 5.32 Å². The van der Waals surface area contributed by atoms with Gasteiger partial charge in [0.15, 0.2) is 0 Å². The van der Waals surface area contributed by atoms with Gasteiger partial charge in [-0.1, -0.05) is 37.3 Å². The molecule has 0 aliphatic rings. The van der Waals surface area contributed by atoms with Crippen molar-refractivity contribution >= 4 is 0 Å². The molecular weight excluding hydrogens is 198 g/mol. The molecule has 16 heavy (non-hydrogen) atoms. The van der Waals surface area contributed by atoms with Crippen molar-refractivity contribution in [1.29, 1.82) is 0 Å².